The predicted octanol–water partition coefficient (Wildman–Crippen LogP) is 3.73. The molecule has 3 nitrogen and oxygen atoms in total. The first kappa shape index (κ1) is 17.2. The van der Waals surface area contributed by atoms with Crippen LogP contribution in [0.1, 0.15) is 51.4 Å². The topological polar surface area (TPSA) is 35.5 Å². The van der Waals surface area contributed by atoms with Crippen LogP contribution in [0.2, 0.25) is 0 Å². The molecule has 0 bridgehead atoms. The van der Waals surface area contributed by atoms with Crippen LogP contribution in [0.4, 0.5) is 0 Å². The van der Waals surface area contributed by atoms with Crippen LogP contribution in [0.3, 0.4) is 0 Å². The minimum absolute atomic E-state index is 0.520. The van der Waals surface area contributed by atoms with Gasteiger partial charge in [-0.05, 0) is 31.6 Å². The maximum atomic E-state index is 9.94. The Kier molecular flexibility index (Phi) is 13.6. The number of carbonyl (C=O) groups is 1. The Morgan fingerprint density at radius 3 is 2.11 bits per heavy atom. The molecule has 0 spiro atoms. The quantitative estimate of drug-likeness (QED) is 0.270. The summed E-state index contributed by atoms with van der Waals surface area (Å²) in [5.41, 5.74) is 0. The molecule has 1 atom stereocenters. The highest BCUT2D eigenvalue weighted by Crippen LogP contribution is 2.18. The van der Waals surface area contributed by atoms with Crippen molar-refractivity contribution in [3.8, 4) is 0 Å². The third-order valence-electron chi connectivity index (χ3n) is 3.16. The second-order valence-corrected chi connectivity index (χ2v) is 4.65. The van der Waals surface area contributed by atoms with Gasteiger partial charge < -0.3 is 9.47 Å². The zero-order valence-corrected chi connectivity index (χ0v) is 11.7. The zero-order chi connectivity index (χ0) is 13.5. The minimum Gasteiger partial charge on any atom is -0.468 e. The Balaban J connectivity index is 3.35. The van der Waals surface area contributed by atoms with Crippen LogP contribution < -0.4 is 0 Å². The van der Waals surface area contributed by atoms with E-state index >= 15 is 0 Å². The third-order valence-corrected chi connectivity index (χ3v) is 3.16. The van der Waals surface area contributed by atoms with E-state index in [0.29, 0.717) is 19.0 Å². The van der Waals surface area contributed by atoms with Gasteiger partial charge in [0.15, 0.2) is 0 Å². The summed E-state index contributed by atoms with van der Waals surface area (Å²) in [7, 11) is 1.75. The number of ether oxygens (including phenoxy) is 2. The molecule has 0 aliphatic heterocycles. The molecule has 0 rings (SSSR count). The molecular formula is C15H28O3. The van der Waals surface area contributed by atoms with E-state index in [1.54, 1.807) is 7.11 Å². The molecule has 0 saturated heterocycles. The van der Waals surface area contributed by atoms with Crippen molar-refractivity contribution in [2.75, 3.05) is 20.3 Å². The maximum Gasteiger partial charge on any atom is 0.293 e. The van der Waals surface area contributed by atoms with Gasteiger partial charge in [-0.3, -0.25) is 4.79 Å². The van der Waals surface area contributed by atoms with E-state index in [1.165, 1.54) is 32.1 Å². The van der Waals surface area contributed by atoms with E-state index < -0.39 is 0 Å². The van der Waals surface area contributed by atoms with Crippen LogP contribution in [0.25, 0.3) is 0 Å². The van der Waals surface area contributed by atoms with Crippen LogP contribution in [-0.2, 0) is 14.3 Å². The van der Waals surface area contributed by atoms with Gasteiger partial charge in [0, 0.05) is 13.7 Å². The lowest BCUT2D eigenvalue weighted by atomic mass is 9.95. The molecule has 0 aromatic carbocycles. The Morgan fingerprint density at radius 2 is 1.61 bits per heavy atom. The van der Waals surface area contributed by atoms with Gasteiger partial charge in [0.05, 0.1) is 6.61 Å². The van der Waals surface area contributed by atoms with Gasteiger partial charge in [-0.2, -0.15) is 0 Å². The fourth-order valence-corrected chi connectivity index (χ4v) is 2.03. The number of methoxy groups -OCH3 is 1. The molecular weight excluding hydrogens is 228 g/mol. The molecule has 0 aromatic rings. The van der Waals surface area contributed by atoms with Crippen molar-refractivity contribution in [2.24, 2.45) is 5.92 Å². The van der Waals surface area contributed by atoms with Crippen LogP contribution in [-0.4, -0.2) is 26.8 Å². The van der Waals surface area contributed by atoms with E-state index in [-0.39, 0.29) is 0 Å². The summed E-state index contributed by atoms with van der Waals surface area (Å²) in [4.78, 5) is 9.94. The lowest BCUT2D eigenvalue weighted by molar-refractivity contribution is -0.128. The van der Waals surface area contributed by atoms with Crippen molar-refractivity contribution >= 4 is 6.47 Å². The predicted molar refractivity (Wildman–Crippen MR) is 74.5 cm³/mol. The van der Waals surface area contributed by atoms with Crippen LogP contribution in [0, 0.1) is 5.92 Å². The van der Waals surface area contributed by atoms with Crippen LogP contribution in [0.5, 0.6) is 0 Å². The van der Waals surface area contributed by atoms with Gasteiger partial charge in [0.25, 0.3) is 6.47 Å². The summed E-state index contributed by atoms with van der Waals surface area (Å²) in [6.45, 7) is 5.85. The van der Waals surface area contributed by atoms with E-state index in [9.17, 15) is 4.79 Å². The van der Waals surface area contributed by atoms with Crippen LogP contribution >= 0.6 is 0 Å². The highest BCUT2D eigenvalue weighted by molar-refractivity contribution is 5.36. The van der Waals surface area contributed by atoms with Gasteiger partial charge in [-0.1, -0.05) is 31.8 Å². The molecule has 0 heterocycles. The smallest absolute Gasteiger partial charge is 0.293 e. The molecule has 1 unspecified atom stereocenters. The van der Waals surface area contributed by atoms with Crippen molar-refractivity contribution in [1.82, 2.24) is 0 Å². The number of allylic oxidation sites excluding steroid dienone is 1. The second-order valence-electron chi connectivity index (χ2n) is 4.65. The molecule has 0 radical (unpaired) electrons. The third kappa shape index (κ3) is 11.6. The van der Waals surface area contributed by atoms with Gasteiger partial charge in [0.2, 0.25) is 0 Å². The zero-order valence-electron chi connectivity index (χ0n) is 11.7. The van der Waals surface area contributed by atoms with Crippen molar-refractivity contribution in [3.63, 3.8) is 0 Å². The Morgan fingerprint density at radius 1 is 1.00 bits per heavy atom. The second kappa shape index (κ2) is 14.2. The molecule has 0 N–H and O–H groups in total. The number of hydrogen-bond donors (Lipinski definition) is 0. The molecule has 106 valence electrons. The summed E-state index contributed by atoms with van der Waals surface area (Å²) in [6.07, 6.45) is 11.5. The molecule has 0 aliphatic carbocycles. The first-order chi connectivity index (χ1) is 8.85. The van der Waals surface area contributed by atoms with Crippen molar-refractivity contribution in [2.45, 2.75) is 51.4 Å². The molecule has 0 amide bonds. The monoisotopic (exact) mass is 256 g/mol. The van der Waals surface area contributed by atoms with E-state index in [2.05, 4.69) is 17.4 Å². The maximum absolute atomic E-state index is 9.94. The fraction of sp³-hybridized carbons (Fsp3) is 0.800. The van der Waals surface area contributed by atoms with E-state index in [4.69, 9.17) is 4.74 Å². The normalized spacial score (nSPS) is 12.1. The number of rotatable bonds is 14. The number of carbonyl (C=O) groups excluding carboxylic acids is 1. The molecule has 0 saturated carbocycles. The molecule has 18 heavy (non-hydrogen) atoms. The number of unbranched alkanes of at least 4 members (excludes halogenated alkanes) is 4. The molecule has 3 heteroatoms. The average Bonchev–Trinajstić information content (AvgIpc) is 2.40. The number of hydrogen-bond acceptors (Lipinski definition) is 3. The lowest BCUT2D eigenvalue weighted by Crippen LogP contribution is -1.98. The average molecular weight is 256 g/mol. The van der Waals surface area contributed by atoms with Crippen LogP contribution in [0.15, 0.2) is 12.7 Å². The summed E-state index contributed by atoms with van der Waals surface area (Å²) in [5.74, 6) is 0.638. The van der Waals surface area contributed by atoms with Crippen molar-refractivity contribution in [1.29, 1.82) is 0 Å². The highest BCUT2D eigenvalue weighted by atomic mass is 16.5. The summed E-state index contributed by atoms with van der Waals surface area (Å²) in [6, 6.07) is 0. The largest absolute Gasteiger partial charge is 0.468 e. The minimum atomic E-state index is 0.520. The van der Waals surface area contributed by atoms with Gasteiger partial charge >= 0.3 is 0 Å². The van der Waals surface area contributed by atoms with Crippen molar-refractivity contribution < 1.29 is 14.3 Å². The Hall–Kier alpha value is -0.830. The van der Waals surface area contributed by atoms with E-state index in [0.717, 1.165) is 25.9 Å². The SMILES string of the molecule is C=CC(CCCCCOC)CCCCCOC=O. The van der Waals surface area contributed by atoms with E-state index in [1.807, 2.05) is 0 Å². The fourth-order valence-electron chi connectivity index (χ4n) is 2.03. The Bertz CT molecular complexity index is 192. The van der Waals surface area contributed by atoms with Gasteiger partial charge in [-0.25, -0.2) is 0 Å². The Labute approximate surface area is 112 Å². The lowest BCUT2D eigenvalue weighted by Gasteiger charge is -2.12. The summed E-state index contributed by atoms with van der Waals surface area (Å²) < 4.78 is 9.69. The first-order valence-electron chi connectivity index (χ1n) is 7.02. The van der Waals surface area contributed by atoms with Gasteiger partial charge in [-0.15, -0.1) is 6.58 Å². The molecule has 0 aliphatic rings. The summed E-state index contributed by atoms with van der Waals surface area (Å²) >= 11 is 0. The van der Waals surface area contributed by atoms with Crippen molar-refractivity contribution in [3.05, 3.63) is 12.7 Å². The molecule has 0 aromatic heterocycles. The molecule has 0 fully saturated rings. The standard InChI is InChI=1S/C15H28O3/c1-3-15(10-6-4-8-12-17-2)11-7-5-9-13-18-14-16/h3,14-15H,1,4-13H2,2H3. The summed E-state index contributed by atoms with van der Waals surface area (Å²) in [5, 5.41) is 0. The highest BCUT2D eigenvalue weighted by Gasteiger charge is 2.03. The first-order valence-corrected chi connectivity index (χ1v) is 7.02. The van der Waals surface area contributed by atoms with Gasteiger partial charge in [0.1, 0.15) is 0 Å².